The highest BCUT2D eigenvalue weighted by atomic mass is 16.5. The van der Waals surface area contributed by atoms with E-state index >= 15 is 0 Å². The lowest BCUT2D eigenvalue weighted by atomic mass is 9.43. The number of fused-ring (bicyclic) bond motifs is 6. The Morgan fingerprint density at radius 1 is 0.696 bits per heavy atom. The summed E-state index contributed by atoms with van der Waals surface area (Å²) in [5, 5.41) is 11.1. The minimum atomic E-state index is -0.842. The van der Waals surface area contributed by atoms with Crippen LogP contribution in [0.3, 0.4) is 0 Å². The van der Waals surface area contributed by atoms with Crippen molar-refractivity contribution in [1.29, 1.82) is 0 Å². The fourth-order valence-electron chi connectivity index (χ4n) is 13.7. The summed E-state index contributed by atoms with van der Waals surface area (Å²) >= 11 is 0. The molecule has 2 saturated carbocycles. The second-order valence-corrected chi connectivity index (χ2v) is 20.3. The number of allylic oxidation sites excluding steroid dienone is 2. The van der Waals surface area contributed by atoms with Crippen LogP contribution in [0.15, 0.2) is 90.0 Å². The third-order valence-electron chi connectivity index (χ3n) is 16.8. The van der Waals surface area contributed by atoms with Crippen LogP contribution in [0.5, 0.6) is 11.5 Å². The number of rotatable bonds is 8. The van der Waals surface area contributed by atoms with E-state index in [1.807, 2.05) is 13.8 Å². The van der Waals surface area contributed by atoms with Crippen molar-refractivity contribution in [3.63, 3.8) is 0 Å². The van der Waals surface area contributed by atoms with E-state index in [-0.39, 0.29) is 40.0 Å². The largest absolute Gasteiger partial charge is 0.497 e. The van der Waals surface area contributed by atoms with E-state index in [1.165, 1.54) is 19.3 Å². The monoisotopic (exact) mass is 761 g/mol. The minimum Gasteiger partial charge on any atom is -0.497 e. The predicted molar refractivity (Wildman–Crippen MR) is 225 cm³/mol. The zero-order chi connectivity index (χ0) is 39.9. The van der Waals surface area contributed by atoms with Crippen LogP contribution in [-0.4, -0.2) is 43.2 Å². The van der Waals surface area contributed by atoms with Gasteiger partial charge in [-0.15, -0.1) is 0 Å². The molecule has 0 bridgehead atoms. The van der Waals surface area contributed by atoms with Gasteiger partial charge in [-0.3, -0.25) is 0 Å². The van der Waals surface area contributed by atoms with E-state index in [0.717, 1.165) is 66.7 Å². The molecular weight excluding hydrogens is 693 g/mol. The zero-order valence-electron chi connectivity index (χ0n) is 35.9. The molecule has 1 heterocycles. The SMILES string of the molecule is COc1ccc(C(O[C@H]2CC[C@]3(C)C4=C(CC[C@H]3C2(C)C)[C@]2(C)C[C@@H]3O[C@@H](C(C)(C)O)CC[C@@H](C)[C@@H]3[C@@]2(C)CC4)(c2ccccc2)c2ccc(OC)cc2)cc1. The molecule has 0 unspecified atom stereocenters. The van der Waals surface area contributed by atoms with Crippen LogP contribution in [0.2, 0.25) is 0 Å². The number of methoxy groups -OCH3 is 2. The highest BCUT2D eigenvalue weighted by Crippen LogP contribution is 2.73. The number of hydrogen-bond acceptors (Lipinski definition) is 5. The molecule has 5 nitrogen and oxygen atoms in total. The molecule has 0 amide bonds. The Bertz CT molecular complexity index is 1860. The van der Waals surface area contributed by atoms with Crippen LogP contribution in [0, 0.1) is 39.4 Å². The van der Waals surface area contributed by atoms with Crippen molar-refractivity contribution < 1.29 is 24.1 Å². The summed E-state index contributed by atoms with van der Waals surface area (Å²) in [4.78, 5) is 0. The maximum absolute atomic E-state index is 11.1. The fourth-order valence-corrected chi connectivity index (χ4v) is 13.7. The van der Waals surface area contributed by atoms with Gasteiger partial charge in [0.25, 0.3) is 0 Å². The number of ether oxygens (including phenoxy) is 4. The van der Waals surface area contributed by atoms with Crippen LogP contribution in [0.4, 0.5) is 0 Å². The molecule has 0 spiro atoms. The summed E-state index contributed by atoms with van der Waals surface area (Å²) in [5.74, 6) is 3.25. The number of hydrogen-bond donors (Lipinski definition) is 1. The van der Waals surface area contributed by atoms with Crippen LogP contribution < -0.4 is 9.47 Å². The molecule has 0 aromatic heterocycles. The lowest BCUT2D eigenvalue weighted by molar-refractivity contribution is -0.165. The first-order valence-electron chi connectivity index (χ1n) is 21.7. The summed E-state index contributed by atoms with van der Waals surface area (Å²) in [5.41, 5.74) is 5.47. The van der Waals surface area contributed by atoms with Gasteiger partial charge in [-0.05, 0) is 152 Å². The Balaban J connectivity index is 1.17. The molecule has 5 heteroatoms. The highest BCUT2D eigenvalue weighted by molar-refractivity contribution is 5.50. The number of aliphatic hydroxyl groups is 1. The van der Waals surface area contributed by atoms with Gasteiger partial charge >= 0.3 is 0 Å². The summed E-state index contributed by atoms with van der Waals surface area (Å²) in [6, 6.07) is 27.8. The summed E-state index contributed by atoms with van der Waals surface area (Å²) in [6.45, 7) is 19.2. The van der Waals surface area contributed by atoms with Crippen molar-refractivity contribution >= 4 is 0 Å². The Morgan fingerprint density at radius 3 is 1.86 bits per heavy atom. The Hall–Kier alpha value is -3.12. The van der Waals surface area contributed by atoms with E-state index < -0.39 is 11.2 Å². The van der Waals surface area contributed by atoms with Crippen LogP contribution in [0.1, 0.15) is 130 Å². The maximum atomic E-state index is 11.1. The molecule has 1 saturated heterocycles. The maximum Gasteiger partial charge on any atom is 0.144 e. The lowest BCUT2D eigenvalue weighted by Crippen LogP contribution is -2.57. The smallest absolute Gasteiger partial charge is 0.144 e. The summed E-state index contributed by atoms with van der Waals surface area (Å²) in [6.07, 6.45) is 10.1. The lowest BCUT2D eigenvalue weighted by Gasteiger charge is -2.63. The van der Waals surface area contributed by atoms with Gasteiger partial charge in [0.2, 0.25) is 0 Å². The second-order valence-electron chi connectivity index (χ2n) is 20.3. The van der Waals surface area contributed by atoms with Crippen molar-refractivity contribution in [3.05, 3.63) is 107 Å². The van der Waals surface area contributed by atoms with Crippen molar-refractivity contribution in [2.24, 2.45) is 39.4 Å². The second kappa shape index (κ2) is 14.0. The van der Waals surface area contributed by atoms with Crippen molar-refractivity contribution in [1.82, 2.24) is 0 Å². The first-order chi connectivity index (χ1) is 26.5. The third-order valence-corrected chi connectivity index (χ3v) is 16.8. The van der Waals surface area contributed by atoms with Crippen molar-refractivity contribution in [2.75, 3.05) is 14.2 Å². The van der Waals surface area contributed by atoms with Crippen LogP contribution >= 0.6 is 0 Å². The molecule has 56 heavy (non-hydrogen) atoms. The minimum absolute atomic E-state index is 0.0164. The van der Waals surface area contributed by atoms with Gasteiger partial charge in [-0.2, -0.15) is 0 Å². The van der Waals surface area contributed by atoms with E-state index in [2.05, 4.69) is 120 Å². The molecule has 3 aromatic rings. The quantitative estimate of drug-likeness (QED) is 0.183. The molecule has 9 atom stereocenters. The van der Waals surface area contributed by atoms with Gasteiger partial charge in [0.05, 0.1) is 38.1 Å². The average molecular weight is 761 g/mol. The summed E-state index contributed by atoms with van der Waals surface area (Å²) in [7, 11) is 3.45. The van der Waals surface area contributed by atoms with E-state index in [0.29, 0.717) is 17.8 Å². The van der Waals surface area contributed by atoms with Crippen molar-refractivity contribution in [2.45, 2.75) is 143 Å². The van der Waals surface area contributed by atoms with Crippen LogP contribution in [-0.2, 0) is 15.1 Å². The first kappa shape index (κ1) is 39.7. The molecule has 1 N–H and O–H groups in total. The topological polar surface area (TPSA) is 57.2 Å². The molecule has 3 aromatic carbocycles. The molecular formula is C51H68O5. The highest BCUT2D eigenvalue weighted by Gasteiger charge is 2.67. The molecule has 5 aliphatic rings. The normalized spacial score (nSPS) is 35.4. The van der Waals surface area contributed by atoms with Gasteiger partial charge in [0.1, 0.15) is 17.1 Å². The molecule has 4 aliphatic carbocycles. The van der Waals surface area contributed by atoms with Gasteiger partial charge < -0.3 is 24.1 Å². The van der Waals surface area contributed by atoms with E-state index in [4.69, 9.17) is 18.9 Å². The van der Waals surface area contributed by atoms with Crippen LogP contribution in [0.25, 0.3) is 0 Å². The first-order valence-corrected chi connectivity index (χ1v) is 21.7. The Kier molecular flexibility index (Phi) is 9.94. The number of benzene rings is 3. The predicted octanol–water partition coefficient (Wildman–Crippen LogP) is 11.7. The molecule has 3 fully saturated rings. The molecule has 302 valence electrons. The van der Waals surface area contributed by atoms with Crippen molar-refractivity contribution in [3.8, 4) is 11.5 Å². The Labute approximate surface area is 337 Å². The van der Waals surface area contributed by atoms with Gasteiger partial charge in [0.15, 0.2) is 0 Å². The van der Waals surface area contributed by atoms with E-state index in [9.17, 15) is 5.11 Å². The Morgan fingerprint density at radius 2 is 1.29 bits per heavy atom. The standard InChI is InChI=1S/C51H68O5/c1-33-16-27-44(47(4,5)52)55-41-32-50(8)40-25-26-42-46(2,3)43(29-30-48(42,6)39(40)28-31-49(50,7)45(33)41)56-51(34-14-12-11-13-15-34,35-17-21-37(53-9)22-18-35)36-19-23-38(54-10)24-20-36/h11-15,17-24,33,41-45,52H,16,25-32H2,1-10H3/t33-,41+,42+,43+,44-,45+,48-,49-,50+/m1/s1. The van der Waals surface area contributed by atoms with Gasteiger partial charge in [-0.1, -0.05) is 107 Å². The molecule has 8 rings (SSSR count). The van der Waals surface area contributed by atoms with Gasteiger partial charge in [0, 0.05) is 0 Å². The average Bonchev–Trinajstić information content (AvgIpc) is 3.28. The van der Waals surface area contributed by atoms with E-state index in [1.54, 1.807) is 25.4 Å². The third kappa shape index (κ3) is 5.95. The summed E-state index contributed by atoms with van der Waals surface area (Å²) < 4.78 is 26.2. The van der Waals surface area contributed by atoms with Gasteiger partial charge in [-0.25, -0.2) is 0 Å². The molecule has 0 radical (unpaired) electrons. The zero-order valence-corrected chi connectivity index (χ0v) is 35.9. The molecule has 1 aliphatic heterocycles. The fraction of sp³-hybridized carbons (Fsp3) is 0.608.